The first-order chi connectivity index (χ1) is 15.1. The second kappa shape index (κ2) is 7.64. The average molecular weight is 417 g/mol. The molecule has 8 nitrogen and oxygen atoms in total. The van der Waals surface area contributed by atoms with Crippen molar-refractivity contribution in [2.45, 2.75) is 19.4 Å². The zero-order chi connectivity index (χ0) is 21.4. The summed E-state index contributed by atoms with van der Waals surface area (Å²) in [5.74, 6) is 1.32. The quantitative estimate of drug-likeness (QED) is 0.675. The summed E-state index contributed by atoms with van der Waals surface area (Å²) in [4.78, 5) is 28.3. The Morgan fingerprint density at radius 3 is 2.55 bits per heavy atom. The van der Waals surface area contributed by atoms with Crippen LogP contribution in [0.15, 0.2) is 54.7 Å². The Hall–Kier alpha value is -4.07. The highest BCUT2D eigenvalue weighted by atomic mass is 16.7. The van der Waals surface area contributed by atoms with E-state index in [0.717, 1.165) is 22.4 Å². The summed E-state index contributed by atoms with van der Waals surface area (Å²) < 4.78 is 16.5. The molecule has 2 aliphatic rings. The van der Waals surface area contributed by atoms with E-state index in [0.29, 0.717) is 29.5 Å². The van der Waals surface area contributed by atoms with Gasteiger partial charge in [0, 0.05) is 42.5 Å². The van der Waals surface area contributed by atoms with E-state index < -0.39 is 6.10 Å². The molecule has 8 heteroatoms. The number of anilines is 2. The Balaban J connectivity index is 1.33. The van der Waals surface area contributed by atoms with Gasteiger partial charge in [0.05, 0.1) is 0 Å². The Kier molecular flexibility index (Phi) is 4.66. The summed E-state index contributed by atoms with van der Waals surface area (Å²) in [5.41, 5.74) is 4.10. The van der Waals surface area contributed by atoms with Crippen LogP contribution in [0.4, 0.5) is 11.4 Å². The van der Waals surface area contributed by atoms with Gasteiger partial charge < -0.3 is 24.8 Å². The molecule has 0 saturated heterocycles. The van der Waals surface area contributed by atoms with Crippen LogP contribution in [-0.4, -0.2) is 29.7 Å². The van der Waals surface area contributed by atoms with E-state index >= 15 is 0 Å². The Bertz CT molecular complexity index is 1180. The van der Waals surface area contributed by atoms with Gasteiger partial charge in [-0.05, 0) is 41.5 Å². The van der Waals surface area contributed by atoms with Crippen LogP contribution in [0.1, 0.15) is 12.5 Å². The van der Waals surface area contributed by atoms with Crippen molar-refractivity contribution in [3.63, 3.8) is 0 Å². The molecule has 1 unspecified atom stereocenters. The van der Waals surface area contributed by atoms with Gasteiger partial charge in [0.25, 0.3) is 5.91 Å². The fourth-order valence-corrected chi connectivity index (χ4v) is 3.68. The largest absolute Gasteiger partial charge is 0.464 e. The van der Waals surface area contributed by atoms with Gasteiger partial charge in [-0.3, -0.25) is 9.59 Å². The second-order valence-electron chi connectivity index (χ2n) is 7.27. The van der Waals surface area contributed by atoms with E-state index in [2.05, 4.69) is 15.6 Å². The van der Waals surface area contributed by atoms with Crippen LogP contribution in [0.2, 0.25) is 0 Å². The number of benzene rings is 2. The van der Waals surface area contributed by atoms with E-state index in [1.54, 1.807) is 24.4 Å². The van der Waals surface area contributed by atoms with E-state index in [1.807, 2.05) is 30.3 Å². The lowest BCUT2D eigenvalue weighted by Gasteiger charge is -2.11. The number of pyridine rings is 1. The molecule has 5 rings (SSSR count). The van der Waals surface area contributed by atoms with Crippen LogP contribution < -0.4 is 24.8 Å². The highest BCUT2D eigenvalue weighted by Crippen LogP contribution is 2.37. The Labute approximate surface area is 178 Å². The number of aromatic nitrogens is 1. The molecule has 1 atom stereocenters. The minimum atomic E-state index is -0.687. The number of hydrogen-bond acceptors (Lipinski definition) is 6. The third kappa shape index (κ3) is 3.75. The first kappa shape index (κ1) is 18.9. The maximum Gasteiger partial charge on any atom is 0.265 e. The lowest BCUT2D eigenvalue weighted by Crippen LogP contribution is -2.31. The van der Waals surface area contributed by atoms with Gasteiger partial charge in [0.1, 0.15) is 0 Å². The molecule has 0 spiro atoms. The average Bonchev–Trinajstić information content (AvgIpc) is 3.40. The van der Waals surface area contributed by atoms with Gasteiger partial charge in [-0.25, -0.2) is 4.98 Å². The molecule has 3 heterocycles. The number of amides is 2. The minimum absolute atomic E-state index is 0.123. The number of ether oxygens (including phenoxy) is 3. The fourth-order valence-electron chi connectivity index (χ4n) is 3.68. The molecule has 0 saturated carbocycles. The monoisotopic (exact) mass is 417 g/mol. The van der Waals surface area contributed by atoms with Crippen molar-refractivity contribution < 1.29 is 23.8 Å². The van der Waals surface area contributed by atoms with E-state index in [9.17, 15) is 9.59 Å². The smallest absolute Gasteiger partial charge is 0.265 e. The standard InChI is InChI=1S/C23H19N3O5/c1-13(27)25-15-4-2-14(3-5-15)17-8-9-24-23-18(17)11-21(31-23)22(28)26-16-6-7-19-20(10-16)30-12-29-19/h2-10,21H,11-12H2,1H3,(H,25,27)(H,26,28). The molecule has 0 fully saturated rings. The maximum absolute atomic E-state index is 12.8. The minimum Gasteiger partial charge on any atom is -0.464 e. The zero-order valence-corrected chi connectivity index (χ0v) is 16.7. The number of fused-ring (bicyclic) bond motifs is 2. The fraction of sp³-hybridized carbons (Fsp3) is 0.174. The van der Waals surface area contributed by atoms with Gasteiger partial charge in [-0.2, -0.15) is 0 Å². The highest BCUT2D eigenvalue weighted by molar-refractivity contribution is 5.96. The molecular weight excluding hydrogens is 398 g/mol. The van der Waals surface area contributed by atoms with E-state index in [-0.39, 0.29) is 18.6 Å². The van der Waals surface area contributed by atoms with Crippen LogP contribution in [0.5, 0.6) is 17.4 Å². The molecule has 0 aliphatic carbocycles. The van der Waals surface area contributed by atoms with Crippen molar-refractivity contribution >= 4 is 23.2 Å². The maximum atomic E-state index is 12.8. The summed E-state index contributed by atoms with van der Waals surface area (Å²) in [7, 11) is 0. The molecule has 0 bridgehead atoms. The first-order valence-corrected chi connectivity index (χ1v) is 9.80. The third-order valence-corrected chi connectivity index (χ3v) is 5.11. The summed E-state index contributed by atoms with van der Waals surface area (Å²) in [5, 5.41) is 5.62. The van der Waals surface area contributed by atoms with Crippen LogP contribution in [0, 0.1) is 0 Å². The normalized spacial score (nSPS) is 15.7. The first-order valence-electron chi connectivity index (χ1n) is 9.80. The van der Waals surface area contributed by atoms with Crippen LogP contribution in [0.3, 0.4) is 0 Å². The third-order valence-electron chi connectivity index (χ3n) is 5.11. The van der Waals surface area contributed by atoms with Crippen LogP contribution in [0.25, 0.3) is 11.1 Å². The summed E-state index contributed by atoms with van der Waals surface area (Å²) in [6, 6.07) is 14.6. The molecule has 2 N–H and O–H groups in total. The van der Waals surface area contributed by atoms with Gasteiger partial charge in [-0.1, -0.05) is 12.1 Å². The molecule has 2 aromatic carbocycles. The lowest BCUT2D eigenvalue weighted by atomic mass is 9.98. The number of hydrogen-bond donors (Lipinski definition) is 2. The van der Waals surface area contributed by atoms with Crippen molar-refractivity contribution in [2.24, 2.45) is 0 Å². The predicted octanol–water partition coefficient (Wildman–Crippen LogP) is 3.38. The van der Waals surface area contributed by atoms with Crippen molar-refractivity contribution in [3.05, 3.63) is 60.3 Å². The van der Waals surface area contributed by atoms with Crippen LogP contribution in [-0.2, 0) is 16.0 Å². The van der Waals surface area contributed by atoms with Crippen molar-refractivity contribution in [3.8, 4) is 28.5 Å². The molecule has 156 valence electrons. The Morgan fingerprint density at radius 1 is 0.968 bits per heavy atom. The summed E-state index contributed by atoms with van der Waals surface area (Å²) in [6.07, 6.45) is 1.38. The van der Waals surface area contributed by atoms with Crippen molar-refractivity contribution in [2.75, 3.05) is 17.4 Å². The molecule has 1 aromatic heterocycles. The van der Waals surface area contributed by atoms with Crippen molar-refractivity contribution in [1.82, 2.24) is 4.98 Å². The number of nitrogens with one attached hydrogen (secondary N) is 2. The highest BCUT2D eigenvalue weighted by Gasteiger charge is 2.32. The van der Waals surface area contributed by atoms with Gasteiger partial charge in [-0.15, -0.1) is 0 Å². The summed E-state index contributed by atoms with van der Waals surface area (Å²) >= 11 is 0. The van der Waals surface area contributed by atoms with Gasteiger partial charge in [0.2, 0.25) is 18.6 Å². The number of carbonyl (C=O) groups excluding carboxylic acids is 2. The molecule has 31 heavy (non-hydrogen) atoms. The van der Waals surface area contributed by atoms with E-state index in [4.69, 9.17) is 14.2 Å². The number of rotatable bonds is 4. The Morgan fingerprint density at radius 2 is 1.74 bits per heavy atom. The molecule has 3 aromatic rings. The zero-order valence-electron chi connectivity index (χ0n) is 16.7. The van der Waals surface area contributed by atoms with Gasteiger partial charge in [0.15, 0.2) is 17.6 Å². The molecular formula is C23H19N3O5. The predicted molar refractivity (Wildman–Crippen MR) is 113 cm³/mol. The summed E-state index contributed by atoms with van der Waals surface area (Å²) in [6.45, 7) is 1.64. The topological polar surface area (TPSA) is 98.8 Å². The second-order valence-corrected chi connectivity index (χ2v) is 7.27. The van der Waals surface area contributed by atoms with Gasteiger partial charge >= 0.3 is 0 Å². The number of carbonyl (C=O) groups is 2. The molecule has 2 amide bonds. The molecule has 0 radical (unpaired) electrons. The lowest BCUT2D eigenvalue weighted by molar-refractivity contribution is -0.122. The van der Waals surface area contributed by atoms with Crippen molar-refractivity contribution in [1.29, 1.82) is 0 Å². The number of nitrogens with zero attached hydrogens (tertiary/aromatic N) is 1. The SMILES string of the molecule is CC(=O)Nc1ccc(-c2ccnc3c2CC(C(=O)Nc2ccc4c(c2)OCO4)O3)cc1. The van der Waals surface area contributed by atoms with E-state index in [1.165, 1.54) is 6.92 Å². The molecule has 2 aliphatic heterocycles. The van der Waals surface area contributed by atoms with Crippen LogP contribution >= 0.6 is 0 Å².